The largest absolute Gasteiger partial charge is 0.435 e. The number of nitrogens with zero attached hydrogens (tertiary/aromatic N) is 3. The fourth-order valence-electron chi connectivity index (χ4n) is 3.41. The van der Waals surface area contributed by atoms with E-state index in [0.717, 1.165) is 29.3 Å². The van der Waals surface area contributed by atoms with E-state index in [1.165, 1.54) is 12.1 Å². The van der Waals surface area contributed by atoms with Crippen LogP contribution in [0, 0.1) is 0 Å². The lowest BCUT2D eigenvalue weighted by Crippen LogP contribution is -2.38. The summed E-state index contributed by atoms with van der Waals surface area (Å²) in [5.41, 5.74) is 1.45. The molecule has 0 spiro atoms. The molecule has 0 N–H and O–H groups in total. The van der Waals surface area contributed by atoms with Crippen LogP contribution < -0.4 is 4.90 Å². The molecule has 0 radical (unpaired) electrons. The van der Waals surface area contributed by atoms with Crippen LogP contribution in [-0.2, 0) is 6.18 Å². The number of rotatable bonds is 4. The second-order valence-corrected chi connectivity index (χ2v) is 8.84. The van der Waals surface area contributed by atoms with Crippen molar-refractivity contribution in [3.05, 3.63) is 59.8 Å². The number of hydrogen-bond donors (Lipinski definition) is 0. The lowest BCUT2D eigenvalue weighted by atomic mass is 10.1. The fraction of sp³-hybridized carbons (Fsp3) is 0.304. The van der Waals surface area contributed by atoms with Crippen molar-refractivity contribution in [1.82, 2.24) is 9.88 Å². The van der Waals surface area contributed by atoms with Gasteiger partial charge in [0.25, 0.3) is 5.91 Å². The first-order chi connectivity index (χ1) is 15.2. The van der Waals surface area contributed by atoms with Gasteiger partial charge in [-0.1, -0.05) is 0 Å². The van der Waals surface area contributed by atoms with Gasteiger partial charge in [0.15, 0.2) is 11.5 Å². The maximum absolute atomic E-state index is 13.2. The molecule has 0 bridgehead atoms. The zero-order valence-corrected chi connectivity index (χ0v) is 18.5. The van der Waals surface area contributed by atoms with Crippen LogP contribution in [0.2, 0.25) is 0 Å². The van der Waals surface area contributed by atoms with Crippen molar-refractivity contribution in [2.75, 3.05) is 43.6 Å². The second kappa shape index (κ2) is 8.90. The summed E-state index contributed by atoms with van der Waals surface area (Å²) in [7, 11) is 3.85. The summed E-state index contributed by atoms with van der Waals surface area (Å²) in [5.74, 6) is 1.89. The van der Waals surface area contributed by atoms with Gasteiger partial charge in [0.05, 0.1) is 5.56 Å². The van der Waals surface area contributed by atoms with E-state index in [0.29, 0.717) is 30.0 Å². The van der Waals surface area contributed by atoms with Gasteiger partial charge >= 0.3 is 6.18 Å². The molecule has 2 heterocycles. The molecule has 32 heavy (non-hydrogen) atoms. The van der Waals surface area contributed by atoms with Crippen molar-refractivity contribution in [3.63, 3.8) is 0 Å². The third-order valence-corrected chi connectivity index (χ3v) is 6.18. The van der Waals surface area contributed by atoms with E-state index < -0.39 is 11.7 Å². The molecular formula is C23H22F3N3O2S. The Bertz CT molecular complexity index is 1090. The molecular weight excluding hydrogens is 439 g/mol. The van der Waals surface area contributed by atoms with Gasteiger partial charge in [-0.25, -0.2) is 4.98 Å². The summed E-state index contributed by atoms with van der Waals surface area (Å²) in [6, 6.07) is 12.1. The van der Waals surface area contributed by atoms with Crippen LogP contribution in [0.4, 0.5) is 18.9 Å². The van der Waals surface area contributed by atoms with Crippen LogP contribution in [0.5, 0.6) is 0 Å². The molecule has 0 saturated carbocycles. The first-order valence-electron chi connectivity index (χ1n) is 10.1. The first-order valence-corrected chi connectivity index (χ1v) is 11.2. The summed E-state index contributed by atoms with van der Waals surface area (Å²) >= 11 is 1.79. The van der Waals surface area contributed by atoms with Crippen molar-refractivity contribution in [3.8, 4) is 22.8 Å². The van der Waals surface area contributed by atoms with Gasteiger partial charge in [0.2, 0.25) is 5.89 Å². The van der Waals surface area contributed by atoms with E-state index in [2.05, 4.69) is 4.98 Å². The van der Waals surface area contributed by atoms with Crippen LogP contribution in [0.15, 0.2) is 52.9 Å². The Kier molecular flexibility index (Phi) is 6.19. The van der Waals surface area contributed by atoms with E-state index in [4.69, 9.17) is 4.42 Å². The van der Waals surface area contributed by atoms with Crippen molar-refractivity contribution in [2.45, 2.75) is 6.18 Å². The molecule has 1 amide bonds. The van der Waals surface area contributed by atoms with Gasteiger partial charge in [-0.3, -0.25) is 4.79 Å². The van der Waals surface area contributed by atoms with Gasteiger partial charge in [-0.15, -0.1) is 0 Å². The van der Waals surface area contributed by atoms with Crippen LogP contribution in [0.25, 0.3) is 22.8 Å². The average Bonchev–Trinajstić information content (AvgIpc) is 3.24. The monoisotopic (exact) mass is 461 g/mol. The minimum Gasteiger partial charge on any atom is -0.435 e. The van der Waals surface area contributed by atoms with Crippen LogP contribution in [0.3, 0.4) is 0 Å². The number of alkyl halides is 3. The zero-order chi connectivity index (χ0) is 22.9. The highest BCUT2D eigenvalue weighted by molar-refractivity contribution is 7.99. The Labute approximate surface area is 188 Å². The third-order valence-electron chi connectivity index (χ3n) is 5.23. The maximum Gasteiger partial charge on any atom is 0.416 e. The number of anilines is 1. The number of carbonyl (C=O) groups is 1. The quantitative estimate of drug-likeness (QED) is 0.529. The standard InChI is InChI=1S/C23H22F3N3O2S/c1-28(2)18-9-5-15(6-10-18)20-19(22(30)29-11-13-32-14-12-29)27-21(31-20)16-3-7-17(8-4-16)23(24,25)26/h3-10H,11-14H2,1-2H3. The van der Waals surface area contributed by atoms with E-state index in [9.17, 15) is 18.0 Å². The molecule has 0 atom stereocenters. The lowest BCUT2D eigenvalue weighted by Gasteiger charge is -2.25. The van der Waals surface area contributed by atoms with E-state index >= 15 is 0 Å². The summed E-state index contributed by atoms with van der Waals surface area (Å²) in [6.07, 6.45) is -4.43. The Hall–Kier alpha value is -2.94. The van der Waals surface area contributed by atoms with Crippen molar-refractivity contribution >= 4 is 23.4 Å². The highest BCUT2D eigenvalue weighted by Crippen LogP contribution is 2.34. The Morgan fingerprint density at radius 2 is 1.59 bits per heavy atom. The number of oxazole rings is 1. The highest BCUT2D eigenvalue weighted by Gasteiger charge is 2.31. The molecule has 0 aliphatic carbocycles. The van der Waals surface area contributed by atoms with Crippen molar-refractivity contribution in [2.24, 2.45) is 0 Å². The lowest BCUT2D eigenvalue weighted by molar-refractivity contribution is -0.137. The van der Waals surface area contributed by atoms with Gasteiger partial charge < -0.3 is 14.2 Å². The fourth-order valence-corrected chi connectivity index (χ4v) is 4.32. The second-order valence-electron chi connectivity index (χ2n) is 7.62. The number of thioether (sulfide) groups is 1. The highest BCUT2D eigenvalue weighted by atomic mass is 32.2. The molecule has 1 fully saturated rings. The first kappa shape index (κ1) is 22.3. The van der Waals surface area contributed by atoms with Crippen LogP contribution in [-0.4, -0.2) is 54.5 Å². The minimum absolute atomic E-state index is 0.111. The smallest absolute Gasteiger partial charge is 0.416 e. The van der Waals surface area contributed by atoms with Crippen LogP contribution >= 0.6 is 11.8 Å². The van der Waals surface area contributed by atoms with Crippen molar-refractivity contribution < 1.29 is 22.4 Å². The Morgan fingerprint density at radius 1 is 1.00 bits per heavy atom. The summed E-state index contributed by atoms with van der Waals surface area (Å²) in [5, 5.41) is 0. The molecule has 5 nitrogen and oxygen atoms in total. The van der Waals surface area contributed by atoms with Gasteiger partial charge in [0, 0.05) is 55.5 Å². The molecule has 0 unspecified atom stereocenters. The SMILES string of the molecule is CN(C)c1ccc(-c2oc(-c3ccc(C(F)(F)F)cc3)nc2C(=O)N2CCSCC2)cc1. The molecule has 9 heteroatoms. The van der Waals surface area contributed by atoms with Gasteiger partial charge in [-0.2, -0.15) is 24.9 Å². The maximum atomic E-state index is 13.2. The van der Waals surface area contributed by atoms with E-state index in [1.54, 1.807) is 16.7 Å². The van der Waals surface area contributed by atoms with Gasteiger partial charge in [0.1, 0.15) is 0 Å². The van der Waals surface area contributed by atoms with Gasteiger partial charge in [-0.05, 0) is 48.5 Å². The molecule has 4 rings (SSSR count). The predicted octanol–water partition coefficient (Wildman–Crippen LogP) is 5.28. The molecule has 3 aromatic rings. The van der Waals surface area contributed by atoms with Crippen molar-refractivity contribution in [1.29, 1.82) is 0 Å². The molecule has 2 aromatic carbocycles. The topological polar surface area (TPSA) is 49.6 Å². The predicted molar refractivity (Wildman–Crippen MR) is 120 cm³/mol. The minimum atomic E-state index is -4.43. The molecule has 1 aliphatic heterocycles. The molecule has 1 aliphatic rings. The number of amides is 1. The number of carbonyl (C=O) groups excluding carboxylic acids is 1. The van der Waals surface area contributed by atoms with E-state index in [-0.39, 0.29) is 17.5 Å². The number of aromatic nitrogens is 1. The molecule has 1 saturated heterocycles. The van der Waals surface area contributed by atoms with E-state index in [1.807, 2.05) is 43.3 Å². The summed E-state index contributed by atoms with van der Waals surface area (Å²) in [4.78, 5) is 21.4. The summed E-state index contributed by atoms with van der Waals surface area (Å²) < 4.78 is 44.7. The molecule has 168 valence electrons. The number of benzene rings is 2. The summed E-state index contributed by atoms with van der Waals surface area (Å²) in [6.45, 7) is 1.23. The Morgan fingerprint density at radius 3 is 2.16 bits per heavy atom. The average molecular weight is 462 g/mol. The molecule has 1 aromatic heterocycles. The zero-order valence-electron chi connectivity index (χ0n) is 17.6. The van der Waals surface area contributed by atoms with Crippen LogP contribution in [0.1, 0.15) is 16.1 Å². The number of halogens is 3. The number of hydrogen-bond acceptors (Lipinski definition) is 5. The Balaban J connectivity index is 1.75. The third kappa shape index (κ3) is 4.62. The normalized spacial score (nSPS) is 14.5.